The smallest absolute Gasteiger partial charge is 0.296 e. The van der Waals surface area contributed by atoms with Crippen LogP contribution in [0.3, 0.4) is 0 Å². The summed E-state index contributed by atoms with van der Waals surface area (Å²) in [6.07, 6.45) is 2.88. The fraction of sp³-hybridized carbons (Fsp3) is 0. The lowest BCUT2D eigenvalue weighted by atomic mass is 10.0. The zero-order valence-corrected chi connectivity index (χ0v) is 44.7. The van der Waals surface area contributed by atoms with Crippen LogP contribution in [0.5, 0.6) is 11.5 Å². The first-order chi connectivity index (χ1) is 38.8. The molecular formula is C54H38N10O14S4. The summed E-state index contributed by atoms with van der Waals surface area (Å²) in [5.74, 6) is -1.19. The molecule has 0 aliphatic heterocycles. The van der Waals surface area contributed by atoms with Crippen LogP contribution in [0.2, 0.25) is 0 Å². The Balaban J connectivity index is 0.875. The van der Waals surface area contributed by atoms with Crippen molar-refractivity contribution in [2.24, 2.45) is 40.9 Å². The minimum atomic E-state index is -5.21. The van der Waals surface area contributed by atoms with Crippen LogP contribution in [0.25, 0.3) is 55.2 Å². The van der Waals surface area contributed by atoms with E-state index >= 15 is 0 Å². The summed E-state index contributed by atoms with van der Waals surface area (Å²) < 4.78 is 139. The van der Waals surface area contributed by atoms with Gasteiger partial charge in [-0.2, -0.15) is 54.1 Å². The summed E-state index contributed by atoms with van der Waals surface area (Å²) in [6.45, 7) is 0. The van der Waals surface area contributed by atoms with Crippen molar-refractivity contribution in [3.05, 3.63) is 169 Å². The highest BCUT2D eigenvalue weighted by Gasteiger charge is 2.25. The third-order valence-corrected chi connectivity index (χ3v) is 16.2. The molecule has 0 aromatic heterocycles. The van der Waals surface area contributed by atoms with Crippen LogP contribution in [0.4, 0.5) is 56.9 Å². The maximum Gasteiger partial charge on any atom is 0.296 e. The Morgan fingerprint density at radius 3 is 1.35 bits per heavy atom. The van der Waals surface area contributed by atoms with E-state index in [4.69, 9.17) is 11.5 Å². The van der Waals surface area contributed by atoms with E-state index in [2.05, 4.69) is 40.9 Å². The third kappa shape index (κ3) is 11.5. The number of fused-ring (bicyclic) bond motifs is 4. The minimum Gasteiger partial charge on any atom is -0.505 e. The first-order valence-electron chi connectivity index (χ1n) is 23.5. The lowest BCUT2D eigenvalue weighted by Gasteiger charge is -2.12. The molecule has 10 N–H and O–H groups in total. The molecule has 0 aliphatic rings. The molecule has 0 bridgehead atoms. The molecule has 0 saturated heterocycles. The van der Waals surface area contributed by atoms with E-state index in [1.807, 2.05) is 0 Å². The maximum atomic E-state index is 12.8. The van der Waals surface area contributed by atoms with Crippen molar-refractivity contribution in [2.45, 2.75) is 19.6 Å². The summed E-state index contributed by atoms with van der Waals surface area (Å²) in [7, 11) is -19.3. The van der Waals surface area contributed by atoms with E-state index in [9.17, 15) is 62.1 Å². The van der Waals surface area contributed by atoms with Crippen molar-refractivity contribution in [3.63, 3.8) is 0 Å². The van der Waals surface area contributed by atoms with E-state index in [-0.39, 0.29) is 87.8 Å². The molecule has 10 rings (SSSR count). The van der Waals surface area contributed by atoms with Gasteiger partial charge in [0.2, 0.25) is 0 Å². The molecule has 28 heteroatoms. The zero-order valence-electron chi connectivity index (χ0n) is 41.5. The average Bonchev–Trinajstić information content (AvgIpc) is 2.58. The van der Waals surface area contributed by atoms with Crippen LogP contribution in [0.15, 0.2) is 218 Å². The van der Waals surface area contributed by atoms with Gasteiger partial charge >= 0.3 is 0 Å². The van der Waals surface area contributed by atoms with E-state index in [0.717, 1.165) is 12.1 Å². The Kier molecular flexibility index (Phi) is 14.5. The van der Waals surface area contributed by atoms with E-state index in [0.29, 0.717) is 33.1 Å². The fourth-order valence-corrected chi connectivity index (χ4v) is 11.5. The molecule has 82 heavy (non-hydrogen) atoms. The zero-order chi connectivity index (χ0) is 58.5. The second kappa shape index (κ2) is 21.4. The molecule has 0 fully saturated rings. The van der Waals surface area contributed by atoms with Crippen molar-refractivity contribution in [1.82, 2.24) is 0 Å². The van der Waals surface area contributed by atoms with Crippen LogP contribution in [0.1, 0.15) is 11.1 Å². The van der Waals surface area contributed by atoms with Gasteiger partial charge in [-0.05, 0) is 125 Å². The molecule has 24 nitrogen and oxygen atoms in total. The number of anilines is 2. The summed E-state index contributed by atoms with van der Waals surface area (Å²) >= 11 is 0. The number of rotatable bonds is 14. The SMILES string of the molecule is Nc1ccc(N=Nc2ccc3cccc(S(=O)(=O)O)c3c2)c2ccc(N=Nc3ccc(/C=C/c4ccc(N=Nc5c(S(=O)(=O)O)cc6c(N=Nc7ccc8cccc(S(=O)(=O)O)c8c7)ccc(N)c6c5O)cc4S(=O)(=O)O)cc3)c(O)c12. The third-order valence-electron chi connectivity index (χ3n) is 12.6. The van der Waals surface area contributed by atoms with Crippen molar-refractivity contribution in [2.75, 3.05) is 11.5 Å². The molecule has 0 saturated carbocycles. The van der Waals surface area contributed by atoms with Gasteiger partial charge in [-0.25, -0.2) is 0 Å². The minimum absolute atomic E-state index is 0.0203. The van der Waals surface area contributed by atoms with Gasteiger partial charge in [0.05, 0.1) is 44.9 Å². The van der Waals surface area contributed by atoms with Crippen LogP contribution >= 0.6 is 0 Å². The average molecular weight is 1180 g/mol. The van der Waals surface area contributed by atoms with Crippen LogP contribution in [0, 0.1) is 0 Å². The van der Waals surface area contributed by atoms with E-state index in [1.165, 1.54) is 97.1 Å². The number of nitrogen functional groups attached to an aromatic ring is 2. The molecule has 10 aromatic carbocycles. The molecule has 0 radical (unpaired) electrons. The molecule has 0 unspecified atom stereocenters. The second-order valence-electron chi connectivity index (χ2n) is 17.9. The fourth-order valence-electron chi connectivity index (χ4n) is 8.71. The van der Waals surface area contributed by atoms with Gasteiger partial charge in [-0.1, -0.05) is 66.7 Å². The van der Waals surface area contributed by atoms with Gasteiger partial charge in [0.15, 0.2) is 11.5 Å². The predicted octanol–water partition coefficient (Wildman–Crippen LogP) is 13.7. The Labute approximate surface area is 464 Å². The van der Waals surface area contributed by atoms with E-state index in [1.54, 1.807) is 60.7 Å². The van der Waals surface area contributed by atoms with Crippen molar-refractivity contribution in [3.8, 4) is 11.5 Å². The number of benzene rings is 10. The number of hydrogen-bond acceptors (Lipinski definition) is 20. The molecule has 0 amide bonds. The first-order valence-corrected chi connectivity index (χ1v) is 29.2. The highest BCUT2D eigenvalue weighted by molar-refractivity contribution is 7.86. The molecule has 0 atom stereocenters. The molecule has 0 aliphatic carbocycles. The van der Waals surface area contributed by atoms with Gasteiger partial charge in [0.1, 0.15) is 31.0 Å². The van der Waals surface area contributed by atoms with Gasteiger partial charge in [0, 0.05) is 32.9 Å². The van der Waals surface area contributed by atoms with Gasteiger partial charge in [-0.3, -0.25) is 18.2 Å². The number of phenolic OH excluding ortho intramolecular Hbond substituents is 2. The van der Waals surface area contributed by atoms with Crippen LogP contribution in [-0.4, -0.2) is 62.1 Å². The highest BCUT2D eigenvalue weighted by atomic mass is 32.2. The maximum absolute atomic E-state index is 12.8. The van der Waals surface area contributed by atoms with Crippen LogP contribution in [-0.2, 0) is 40.5 Å². The van der Waals surface area contributed by atoms with Gasteiger partial charge in [-0.15, -0.1) is 20.5 Å². The molecule has 412 valence electrons. The number of phenols is 2. The Bertz CT molecular complexity index is 4980. The number of nitrogens with two attached hydrogens (primary N) is 2. The van der Waals surface area contributed by atoms with E-state index < -0.39 is 61.7 Å². The molecule has 10 aromatic rings. The Hall–Kier alpha value is -9.78. The topological polar surface area (TPSA) is 409 Å². The molecule has 0 spiro atoms. The van der Waals surface area contributed by atoms with Gasteiger partial charge < -0.3 is 21.7 Å². The van der Waals surface area contributed by atoms with Crippen LogP contribution < -0.4 is 11.5 Å². The quantitative estimate of drug-likeness (QED) is 0.0217. The lowest BCUT2D eigenvalue weighted by Crippen LogP contribution is -2.00. The number of hydrogen-bond donors (Lipinski definition) is 8. The largest absolute Gasteiger partial charge is 0.505 e. The number of nitrogens with zero attached hydrogens (tertiary/aromatic N) is 8. The molecule has 0 heterocycles. The normalized spacial score (nSPS) is 13.0. The second-order valence-corrected chi connectivity index (χ2v) is 23.4. The first kappa shape index (κ1) is 55.5. The molecular weight excluding hydrogens is 1140 g/mol. The van der Waals surface area contributed by atoms with Crippen molar-refractivity contribution >= 4 is 153 Å². The Morgan fingerprint density at radius 2 is 0.805 bits per heavy atom. The van der Waals surface area contributed by atoms with Crippen molar-refractivity contribution in [1.29, 1.82) is 0 Å². The number of aromatic hydroxyl groups is 2. The lowest BCUT2D eigenvalue weighted by molar-refractivity contribution is 0.472. The summed E-state index contributed by atoms with van der Waals surface area (Å²) in [6, 6.07) is 37.4. The standard InChI is InChI=1S/C54H38N10O14S4/c55-41-20-23-43(61-58-34-16-11-30-3-1-5-46(38(30)25-34)79(67,68)69)37-19-22-45(53(65)50(37)41)63-57-33-14-8-29(9-15-33)7-10-32-13-18-36(27-48(32)81(73,74)75)60-64-52-49(82(76,77)78)28-40-44(24-21-42(56)51(40)54(52)66)62-59-35-17-12-31-4-2-6-47(39(31)26-35)80(70,71)72/h1-28,65-66H,55-56H2,(H,67,68,69)(H,70,71,72)(H,73,74,75)(H,76,77,78)/b10-7+,61-58?,62-59?,63-57?,64-60?. The van der Waals surface area contributed by atoms with Crippen molar-refractivity contribution < 1.29 is 62.1 Å². The summed E-state index contributed by atoms with van der Waals surface area (Å²) in [5.41, 5.74) is 13.1. The predicted molar refractivity (Wildman–Crippen MR) is 306 cm³/mol. The van der Waals surface area contributed by atoms with Gasteiger partial charge in [0.25, 0.3) is 40.5 Å². The summed E-state index contributed by atoms with van der Waals surface area (Å²) in [4.78, 5) is -2.28. The Morgan fingerprint density at radius 1 is 0.354 bits per heavy atom. The summed E-state index contributed by atoms with van der Waals surface area (Å²) in [5, 5.41) is 57.5. The highest BCUT2D eigenvalue weighted by Crippen LogP contribution is 2.47. The monoisotopic (exact) mass is 1180 g/mol. The number of azo groups is 4.